The van der Waals surface area contributed by atoms with Crippen LogP contribution in [-0.4, -0.2) is 14.9 Å². The molecule has 102 valence electrons. The number of nitrogens with zero attached hydrogens (tertiary/aromatic N) is 2. The second kappa shape index (κ2) is 5.12. The molecule has 0 fully saturated rings. The fourth-order valence-corrected chi connectivity index (χ4v) is 2.60. The van der Waals surface area contributed by atoms with Crippen LogP contribution < -0.4 is 0 Å². The lowest BCUT2D eigenvalue weighted by Gasteiger charge is -2.26. The van der Waals surface area contributed by atoms with Gasteiger partial charge in [-0.25, -0.2) is 4.39 Å². The first-order chi connectivity index (χ1) is 8.87. The molecule has 0 aliphatic rings. The maximum atomic E-state index is 13.6. The van der Waals surface area contributed by atoms with Crippen LogP contribution in [0.1, 0.15) is 25.1 Å². The smallest absolute Gasteiger partial charge is 0.142 e. The Bertz CT molecular complexity index is 611. The predicted molar refractivity (Wildman–Crippen MR) is 73.0 cm³/mol. The molecule has 0 amide bonds. The third-order valence-electron chi connectivity index (χ3n) is 3.05. The van der Waals surface area contributed by atoms with Gasteiger partial charge in [0.15, 0.2) is 0 Å². The minimum Gasteiger partial charge on any atom is -0.379 e. The molecule has 1 N–H and O–H groups in total. The van der Waals surface area contributed by atoms with E-state index in [9.17, 15) is 9.50 Å². The Balaban J connectivity index is 2.59. The number of hydrogen-bond donors (Lipinski definition) is 1. The lowest BCUT2D eigenvalue weighted by molar-refractivity contribution is 0.0915. The van der Waals surface area contributed by atoms with E-state index in [1.165, 1.54) is 6.07 Å². The van der Waals surface area contributed by atoms with Gasteiger partial charge in [0.2, 0.25) is 0 Å². The summed E-state index contributed by atoms with van der Waals surface area (Å²) >= 11 is 11.7. The molecule has 1 atom stereocenters. The van der Waals surface area contributed by atoms with Gasteiger partial charge in [-0.3, -0.25) is 4.68 Å². The van der Waals surface area contributed by atoms with Gasteiger partial charge >= 0.3 is 0 Å². The average Bonchev–Trinajstić information content (AvgIpc) is 2.82. The summed E-state index contributed by atoms with van der Waals surface area (Å²) < 4.78 is 15.2. The van der Waals surface area contributed by atoms with Crippen LogP contribution in [0.2, 0.25) is 10.0 Å². The number of rotatable bonds is 3. The summed E-state index contributed by atoms with van der Waals surface area (Å²) in [4.78, 5) is 0. The molecule has 1 aromatic carbocycles. The number of aromatic nitrogens is 2. The first-order valence-corrected chi connectivity index (χ1v) is 6.53. The van der Waals surface area contributed by atoms with Crippen molar-refractivity contribution in [1.82, 2.24) is 9.78 Å². The molecule has 1 unspecified atom stereocenters. The van der Waals surface area contributed by atoms with E-state index < -0.39 is 11.4 Å². The number of halogens is 3. The Kier molecular flexibility index (Phi) is 3.85. The van der Waals surface area contributed by atoms with Crippen LogP contribution in [-0.2, 0) is 12.1 Å². The fourth-order valence-electron chi connectivity index (χ4n) is 2.03. The molecule has 0 spiro atoms. The maximum absolute atomic E-state index is 13.6. The first-order valence-electron chi connectivity index (χ1n) is 5.77. The lowest BCUT2D eigenvalue weighted by Crippen LogP contribution is -2.27. The number of hydrogen-bond acceptors (Lipinski definition) is 2. The third kappa shape index (κ3) is 2.48. The molecule has 2 aromatic rings. The SMILES string of the molecule is CCn1nccc1C(C)(O)c1cc(F)c(Cl)cc1Cl. The quantitative estimate of drug-likeness (QED) is 0.880. The van der Waals surface area contributed by atoms with Crippen LogP contribution >= 0.6 is 23.2 Å². The summed E-state index contributed by atoms with van der Waals surface area (Å²) in [6, 6.07) is 4.11. The lowest BCUT2D eigenvalue weighted by atomic mass is 9.92. The highest BCUT2D eigenvalue weighted by atomic mass is 35.5. The molecule has 6 heteroatoms. The average molecular weight is 303 g/mol. The monoisotopic (exact) mass is 302 g/mol. The summed E-state index contributed by atoms with van der Waals surface area (Å²) in [6.45, 7) is 4.04. The summed E-state index contributed by atoms with van der Waals surface area (Å²) in [7, 11) is 0. The van der Waals surface area contributed by atoms with Crippen molar-refractivity contribution in [2.24, 2.45) is 0 Å². The Hall–Kier alpha value is -1.10. The van der Waals surface area contributed by atoms with Gasteiger partial charge in [-0.15, -0.1) is 0 Å². The molecule has 0 bridgehead atoms. The number of aryl methyl sites for hydroxylation is 1. The predicted octanol–water partition coefficient (Wildman–Crippen LogP) is 3.60. The van der Waals surface area contributed by atoms with E-state index in [1.54, 1.807) is 23.9 Å². The van der Waals surface area contributed by atoms with Gasteiger partial charge in [-0.2, -0.15) is 5.10 Å². The molecule has 3 nitrogen and oxygen atoms in total. The molecule has 0 aliphatic heterocycles. The Morgan fingerprint density at radius 2 is 2.05 bits per heavy atom. The fraction of sp³-hybridized carbons (Fsp3) is 0.308. The van der Waals surface area contributed by atoms with Crippen molar-refractivity contribution in [3.63, 3.8) is 0 Å². The van der Waals surface area contributed by atoms with Crippen molar-refractivity contribution in [3.05, 3.63) is 51.5 Å². The zero-order valence-corrected chi connectivity index (χ0v) is 12.0. The highest BCUT2D eigenvalue weighted by molar-refractivity contribution is 6.35. The van der Waals surface area contributed by atoms with Gasteiger partial charge < -0.3 is 5.11 Å². The molecule has 2 rings (SSSR count). The van der Waals surface area contributed by atoms with Crippen molar-refractivity contribution < 1.29 is 9.50 Å². The van der Waals surface area contributed by atoms with Crippen LogP contribution in [0.15, 0.2) is 24.4 Å². The minimum absolute atomic E-state index is 0.0754. The van der Waals surface area contributed by atoms with Crippen LogP contribution in [0, 0.1) is 5.82 Å². The Labute approximate surface area is 120 Å². The second-order valence-corrected chi connectivity index (χ2v) is 5.16. The van der Waals surface area contributed by atoms with Gasteiger partial charge in [-0.05, 0) is 32.0 Å². The van der Waals surface area contributed by atoms with Crippen molar-refractivity contribution in [3.8, 4) is 0 Å². The summed E-state index contributed by atoms with van der Waals surface area (Å²) in [5.74, 6) is -0.621. The van der Waals surface area contributed by atoms with Crippen LogP contribution in [0.5, 0.6) is 0 Å². The van der Waals surface area contributed by atoms with Crippen molar-refractivity contribution in [2.75, 3.05) is 0 Å². The van der Waals surface area contributed by atoms with Crippen LogP contribution in [0.4, 0.5) is 4.39 Å². The second-order valence-electron chi connectivity index (χ2n) is 4.35. The van der Waals surface area contributed by atoms with Crippen molar-refractivity contribution in [2.45, 2.75) is 26.0 Å². The summed E-state index contributed by atoms with van der Waals surface area (Å²) in [5, 5.41) is 14.9. The van der Waals surface area contributed by atoms with E-state index in [-0.39, 0.29) is 15.6 Å². The topological polar surface area (TPSA) is 38.0 Å². The van der Waals surface area contributed by atoms with E-state index in [2.05, 4.69) is 5.10 Å². The van der Waals surface area contributed by atoms with E-state index in [1.807, 2.05) is 6.92 Å². The zero-order chi connectivity index (χ0) is 14.2. The van der Waals surface area contributed by atoms with E-state index in [0.29, 0.717) is 12.2 Å². The van der Waals surface area contributed by atoms with Gasteiger partial charge in [-0.1, -0.05) is 23.2 Å². The van der Waals surface area contributed by atoms with Crippen LogP contribution in [0.25, 0.3) is 0 Å². The van der Waals surface area contributed by atoms with Crippen LogP contribution in [0.3, 0.4) is 0 Å². The van der Waals surface area contributed by atoms with Gasteiger partial charge in [0.25, 0.3) is 0 Å². The van der Waals surface area contributed by atoms with Gasteiger partial charge in [0.05, 0.1) is 10.7 Å². The maximum Gasteiger partial charge on any atom is 0.142 e. The Morgan fingerprint density at radius 3 is 2.68 bits per heavy atom. The first kappa shape index (κ1) is 14.3. The largest absolute Gasteiger partial charge is 0.379 e. The Morgan fingerprint density at radius 1 is 1.37 bits per heavy atom. The highest BCUT2D eigenvalue weighted by Gasteiger charge is 2.32. The van der Waals surface area contributed by atoms with E-state index in [4.69, 9.17) is 23.2 Å². The molecule has 0 aliphatic carbocycles. The van der Waals surface area contributed by atoms with Crippen molar-refractivity contribution in [1.29, 1.82) is 0 Å². The van der Waals surface area contributed by atoms with Gasteiger partial charge in [0.1, 0.15) is 11.4 Å². The normalized spacial score (nSPS) is 14.4. The summed E-state index contributed by atoms with van der Waals surface area (Å²) in [6.07, 6.45) is 1.58. The number of aliphatic hydroxyl groups is 1. The minimum atomic E-state index is -1.45. The third-order valence-corrected chi connectivity index (χ3v) is 3.65. The van der Waals surface area contributed by atoms with E-state index in [0.717, 1.165) is 6.07 Å². The molecule has 0 radical (unpaired) electrons. The van der Waals surface area contributed by atoms with E-state index >= 15 is 0 Å². The molecular formula is C13H13Cl2FN2O. The molecule has 1 heterocycles. The molecule has 0 saturated heterocycles. The molecule has 0 saturated carbocycles. The zero-order valence-electron chi connectivity index (χ0n) is 10.5. The standard InChI is InChI=1S/C13H13Cl2FN2O/c1-3-18-12(4-5-17-18)13(2,19)8-6-11(16)10(15)7-9(8)14/h4-7,19H,3H2,1-2H3. The molecule has 19 heavy (non-hydrogen) atoms. The highest BCUT2D eigenvalue weighted by Crippen LogP contribution is 2.36. The molecular weight excluding hydrogens is 290 g/mol. The number of benzene rings is 1. The van der Waals surface area contributed by atoms with Crippen molar-refractivity contribution >= 4 is 23.2 Å². The summed E-state index contributed by atoms with van der Waals surface area (Å²) in [5.41, 5.74) is -0.653. The molecule has 1 aromatic heterocycles. The van der Waals surface area contributed by atoms with Gasteiger partial charge in [0, 0.05) is 23.3 Å².